The molecule has 1 aliphatic heterocycles. The molecule has 1 atom stereocenters. The van der Waals surface area contributed by atoms with Gasteiger partial charge in [0.1, 0.15) is 12.1 Å². The minimum absolute atomic E-state index is 0.279. The molecule has 6 nitrogen and oxygen atoms in total. The molecule has 2 aromatic rings. The summed E-state index contributed by atoms with van der Waals surface area (Å²) < 4.78 is 0. The smallest absolute Gasteiger partial charge is 0.325 e. The summed E-state index contributed by atoms with van der Waals surface area (Å²) in [6, 6.07) is 16.8. The normalized spacial score (nSPS) is 18.4. The maximum Gasteiger partial charge on any atom is 0.325 e. The number of amides is 4. The van der Waals surface area contributed by atoms with E-state index >= 15 is 0 Å². The van der Waals surface area contributed by atoms with Crippen molar-refractivity contribution in [2.24, 2.45) is 0 Å². The number of benzene rings is 2. The Bertz CT molecular complexity index is 913. The SMILES string of the molecule is CCCCC1(c2ccccc2)NC(=O)N(CC(=O)NCCc2ccccc2C)C1=O. The van der Waals surface area contributed by atoms with E-state index in [4.69, 9.17) is 0 Å². The monoisotopic (exact) mass is 407 g/mol. The fourth-order valence-electron chi connectivity index (χ4n) is 3.87. The molecule has 1 aliphatic rings. The summed E-state index contributed by atoms with van der Waals surface area (Å²) in [7, 11) is 0. The quantitative estimate of drug-likeness (QED) is 0.626. The van der Waals surface area contributed by atoms with Crippen molar-refractivity contribution in [1.82, 2.24) is 15.5 Å². The van der Waals surface area contributed by atoms with Gasteiger partial charge in [0.25, 0.3) is 5.91 Å². The Hall–Kier alpha value is -3.15. The number of imide groups is 1. The lowest BCUT2D eigenvalue weighted by Gasteiger charge is -2.27. The van der Waals surface area contributed by atoms with Crippen LogP contribution in [0.4, 0.5) is 4.79 Å². The van der Waals surface area contributed by atoms with Crippen LogP contribution in [0, 0.1) is 6.92 Å². The first-order valence-corrected chi connectivity index (χ1v) is 10.5. The zero-order valence-corrected chi connectivity index (χ0v) is 17.6. The molecule has 1 fully saturated rings. The predicted octanol–water partition coefficient (Wildman–Crippen LogP) is 3.29. The largest absolute Gasteiger partial charge is 0.354 e. The van der Waals surface area contributed by atoms with Crippen LogP contribution >= 0.6 is 0 Å². The summed E-state index contributed by atoms with van der Waals surface area (Å²) in [5.41, 5.74) is 1.98. The third kappa shape index (κ3) is 4.53. The van der Waals surface area contributed by atoms with Crippen LogP contribution in [0.3, 0.4) is 0 Å². The molecule has 6 heteroatoms. The Morgan fingerprint density at radius 1 is 1.07 bits per heavy atom. The van der Waals surface area contributed by atoms with E-state index in [0.717, 1.165) is 28.9 Å². The summed E-state index contributed by atoms with van der Waals surface area (Å²) in [5.74, 6) is -0.701. The van der Waals surface area contributed by atoms with Crippen molar-refractivity contribution in [3.63, 3.8) is 0 Å². The highest BCUT2D eigenvalue weighted by Crippen LogP contribution is 2.34. The first-order valence-electron chi connectivity index (χ1n) is 10.5. The average Bonchev–Trinajstić information content (AvgIpc) is 2.99. The Labute approximate surface area is 177 Å². The van der Waals surface area contributed by atoms with Crippen LogP contribution < -0.4 is 10.6 Å². The van der Waals surface area contributed by atoms with Gasteiger partial charge in [0, 0.05) is 6.54 Å². The Kier molecular flexibility index (Phi) is 6.87. The molecule has 0 aliphatic carbocycles. The zero-order valence-electron chi connectivity index (χ0n) is 17.6. The molecule has 0 saturated carbocycles. The number of hydrogen-bond donors (Lipinski definition) is 2. The van der Waals surface area contributed by atoms with Crippen LogP contribution in [0.2, 0.25) is 0 Å². The molecule has 158 valence electrons. The molecule has 30 heavy (non-hydrogen) atoms. The highest BCUT2D eigenvalue weighted by Gasteiger charge is 2.52. The molecule has 0 radical (unpaired) electrons. The number of rotatable bonds is 9. The van der Waals surface area contributed by atoms with E-state index in [0.29, 0.717) is 19.4 Å². The number of unbranched alkanes of at least 4 members (excludes halogenated alkanes) is 1. The second kappa shape index (κ2) is 9.57. The molecule has 0 bridgehead atoms. The summed E-state index contributed by atoms with van der Waals surface area (Å²) >= 11 is 0. The third-order valence-electron chi connectivity index (χ3n) is 5.63. The number of hydrogen-bond acceptors (Lipinski definition) is 3. The van der Waals surface area contributed by atoms with Gasteiger partial charge in [-0.05, 0) is 36.5 Å². The Morgan fingerprint density at radius 2 is 1.77 bits per heavy atom. The first-order chi connectivity index (χ1) is 14.5. The molecule has 0 aromatic heterocycles. The number of aryl methyl sites for hydroxylation is 1. The predicted molar refractivity (Wildman–Crippen MR) is 116 cm³/mol. The molecule has 2 N–H and O–H groups in total. The van der Waals surface area contributed by atoms with Gasteiger partial charge in [-0.15, -0.1) is 0 Å². The van der Waals surface area contributed by atoms with E-state index < -0.39 is 11.6 Å². The van der Waals surface area contributed by atoms with Crippen LogP contribution in [0.5, 0.6) is 0 Å². The van der Waals surface area contributed by atoms with Crippen molar-refractivity contribution in [3.05, 3.63) is 71.3 Å². The van der Waals surface area contributed by atoms with E-state index in [9.17, 15) is 14.4 Å². The highest BCUT2D eigenvalue weighted by atomic mass is 16.2. The lowest BCUT2D eigenvalue weighted by atomic mass is 9.85. The number of nitrogens with zero attached hydrogens (tertiary/aromatic N) is 1. The van der Waals surface area contributed by atoms with Gasteiger partial charge in [-0.3, -0.25) is 14.5 Å². The molecule has 1 unspecified atom stereocenters. The zero-order chi connectivity index (χ0) is 21.6. The summed E-state index contributed by atoms with van der Waals surface area (Å²) in [6.07, 6.45) is 2.89. The minimum Gasteiger partial charge on any atom is -0.354 e. The number of carbonyl (C=O) groups is 3. The van der Waals surface area contributed by atoms with Crippen molar-refractivity contribution in [3.8, 4) is 0 Å². The van der Waals surface area contributed by atoms with Crippen LogP contribution in [-0.4, -0.2) is 35.8 Å². The highest BCUT2D eigenvalue weighted by molar-refractivity contribution is 6.09. The van der Waals surface area contributed by atoms with Crippen molar-refractivity contribution < 1.29 is 14.4 Å². The van der Waals surface area contributed by atoms with Gasteiger partial charge in [0.15, 0.2) is 0 Å². The number of carbonyl (C=O) groups excluding carboxylic acids is 3. The number of urea groups is 1. The molecule has 0 spiro atoms. The maximum atomic E-state index is 13.3. The van der Waals surface area contributed by atoms with Crippen molar-refractivity contribution in [2.75, 3.05) is 13.1 Å². The van der Waals surface area contributed by atoms with Crippen LogP contribution in [0.15, 0.2) is 54.6 Å². The molecular formula is C24H29N3O3. The fourth-order valence-corrected chi connectivity index (χ4v) is 3.87. The summed E-state index contributed by atoms with van der Waals surface area (Å²) in [6.45, 7) is 4.25. The van der Waals surface area contributed by atoms with Crippen molar-refractivity contribution >= 4 is 17.8 Å². The summed E-state index contributed by atoms with van der Waals surface area (Å²) in [4.78, 5) is 39.4. The second-order valence-corrected chi connectivity index (χ2v) is 7.72. The molecular weight excluding hydrogens is 378 g/mol. The van der Waals surface area contributed by atoms with Crippen molar-refractivity contribution in [1.29, 1.82) is 0 Å². The fraction of sp³-hybridized carbons (Fsp3) is 0.375. The first kappa shape index (κ1) is 21.6. The van der Waals surface area contributed by atoms with E-state index in [1.807, 2.05) is 68.4 Å². The second-order valence-electron chi connectivity index (χ2n) is 7.72. The lowest BCUT2D eigenvalue weighted by molar-refractivity contribution is -0.135. The third-order valence-corrected chi connectivity index (χ3v) is 5.63. The standard InChI is InChI=1S/C24H29N3O3/c1-3-4-15-24(20-12-6-5-7-13-20)22(29)27(23(30)26-24)17-21(28)25-16-14-19-11-9-8-10-18(19)2/h5-13H,3-4,14-17H2,1-2H3,(H,25,28)(H,26,30). The van der Waals surface area contributed by atoms with E-state index in [1.54, 1.807) is 0 Å². The topological polar surface area (TPSA) is 78.5 Å². The molecule has 2 aromatic carbocycles. The Balaban J connectivity index is 1.66. The molecule has 3 rings (SSSR count). The summed E-state index contributed by atoms with van der Waals surface area (Å²) in [5, 5.41) is 5.69. The van der Waals surface area contributed by atoms with Crippen molar-refractivity contribution in [2.45, 2.75) is 45.1 Å². The van der Waals surface area contributed by atoms with Gasteiger partial charge >= 0.3 is 6.03 Å². The van der Waals surface area contributed by atoms with Gasteiger partial charge in [0.2, 0.25) is 5.91 Å². The van der Waals surface area contributed by atoms with Gasteiger partial charge in [-0.1, -0.05) is 74.4 Å². The van der Waals surface area contributed by atoms with Gasteiger partial charge < -0.3 is 10.6 Å². The maximum absolute atomic E-state index is 13.3. The van der Waals surface area contributed by atoms with Gasteiger partial charge in [-0.25, -0.2) is 4.79 Å². The molecule has 1 heterocycles. The van der Waals surface area contributed by atoms with E-state index in [-0.39, 0.29) is 18.4 Å². The van der Waals surface area contributed by atoms with Gasteiger partial charge in [-0.2, -0.15) is 0 Å². The van der Waals surface area contributed by atoms with E-state index in [1.165, 1.54) is 5.56 Å². The van der Waals surface area contributed by atoms with Crippen LogP contribution in [0.25, 0.3) is 0 Å². The van der Waals surface area contributed by atoms with Crippen LogP contribution in [-0.2, 0) is 21.5 Å². The average molecular weight is 408 g/mol. The number of nitrogens with one attached hydrogen (secondary N) is 2. The van der Waals surface area contributed by atoms with Gasteiger partial charge in [0.05, 0.1) is 0 Å². The minimum atomic E-state index is -1.10. The van der Waals surface area contributed by atoms with Crippen LogP contribution in [0.1, 0.15) is 42.9 Å². The van der Waals surface area contributed by atoms with E-state index in [2.05, 4.69) is 10.6 Å². The lowest BCUT2D eigenvalue weighted by Crippen LogP contribution is -2.45. The molecule has 4 amide bonds. The Morgan fingerprint density at radius 3 is 2.47 bits per heavy atom. The molecule has 1 saturated heterocycles.